The van der Waals surface area contributed by atoms with Crippen LogP contribution in [0.3, 0.4) is 0 Å². The number of carbonyl (C=O) groups is 1. The first-order chi connectivity index (χ1) is 9.19. The maximum Gasteiger partial charge on any atom is 0.225 e. The van der Waals surface area contributed by atoms with Crippen LogP contribution in [0.25, 0.3) is 0 Å². The molecule has 1 aliphatic carbocycles. The standard InChI is InChI=1S/C17H26N2O.ClH/c1-11(13(18)12-9-7-6-8-10-12)14(20)19-15-16(2,3)17(15,4)5;/h6-11,13,15H,18H2,1-5H3,(H,19,20);1H. The SMILES string of the molecule is CC(C(=O)NC1C(C)(C)C1(C)C)C(N)c1ccccc1.Cl. The fraction of sp³-hybridized carbons (Fsp3) is 0.588. The number of nitrogens with two attached hydrogens (primary N) is 1. The van der Waals surface area contributed by atoms with Gasteiger partial charge < -0.3 is 11.1 Å². The Hall–Kier alpha value is -1.06. The van der Waals surface area contributed by atoms with Gasteiger partial charge in [0.2, 0.25) is 5.91 Å². The average Bonchev–Trinajstić information content (AvgIpc) is 2.80. The number of benzene rings is 1. The van der Waals surface area contributed by atoms with Gasteiger partial charge in [0.1, 0.15) is 0 Å². The number of hydrogen-bond donors (Lipinski definition) is 2. The summed E-state index contributed by atoms with van der Waals surface area (Å²) in [4.78, 5) is 12.4. The summed E-state index contributed by atoms with van der Waals surface area (Å²) in [5, 5.41) is 3.17. The largest absolute Gasteiger partial charge is 0.352 e. The molecular weight excluding hydrogens is 284 g/mol. The summed E-state index contributed by atoms with van der Waals surface area (Å²) in [5.74, 6) is -0.186. The van der Waals surface area contributed by atoms with Gasteiger partial charge in [-0.15, -0.1) is 12.4 Å². The summed E-state index contributed by atoms with van der Waals surface area (Å²) in [6.45, 7) is 10.7. The van der Waals surface area contributed by atoms with Crippen molar-refractivity contribution in [2.75, 3.05) is 0 Å². The Bertz CT molecular complexity index is 485. The van der Waals surface area contributed by atoms with E-state index in [1.54, 1.807) is 0 Å². The van der Waals surface area contributed by atoms with Crippen LogP contribution in [0.5, 0.6) is 0 Å². The molecule has 0 spiro atoms. The summed E-state index contributed by atoms with van der Waals surface area (Å²) >= 11 is 0. The Morgan fingerprint density at radius 1 is 1.14 bits per heavy atom. The van der Waals surface area contributed by atoms with Gasteiger partial charge >= 0.3 is 0 Å². The number of rotatable bonds is 4. The van der Waals surface area contributed by atoms with E-state index >= 15 is 0 Å². The van der Waals surface area contributed by atoms with E-state index in [4.69, 9.17) is 5.73 Å². The monoisotopic (exact) mass is 310 g/mol. The van der Waals surface area contributed by atoms with Crippen molar-refractivity contribution in [2.45, 2.75) is 46.7 Å². The van der Waals surface area contributed by atoms with Crippen LogP contribution in [0.2, 0.25) is 0 Å². The van der Waals surface area contributed by atoms with Gasteiger partial charge in [-0.05, 0) is 16.4 Å². The quantitative estimate of drug-likeness (QED) is 0.896. The zero-order valence-corrected chi connectivity index (χ0v) is 14.3. The van der Waals surface area contributed by atoms with E-state index in [1.165, 1.54) is 0 Å². The predicted octanol–water partition coefficient (Wildman–Crippen LogP) is 3.30. The lowest BCUT2D eigenvalue weighted by molar-refractivity contribution is -0.125. The molecule has 2 atom stereocenters. The van der Waals surface area contributed by atoms with Gasteiger partial charge in [0.15, 0.2) is 0 Å². The number of nitrogens with one attached hydrogen (secondary N) is 1. The highest BCUT2D eigenvalue weighted by molar-refractivity contribution is 5.85. The second kappa shape index (κ2) is 5.98. The van der Waals surface area contributed by atoms with E-state index < -0.39 is 0 Å². The lowest BCUT2D eigenvalue weighted by Crippen LogP contribution is -2.38. The Balaban J connectivity index is 0.00000220. The Labute approximate surface area is 134 Å². The first-order valence-corrected chi connectivity index (χ1v) is 7.30. The first-order valence-electron chi connectivity index (χ1n) is 7.30. The molecule has 1 amide bonds. The summed E-state index contributed by atoms with van der Waals surface area (Å²) < 4.78 is 0. The third-order valence-electron chi connectivity index (χ3n) is 5.44. The molecular formula is C17H27ClN2O. The highest BCUT2D eigenvalue weighted by atomic mass is 35.5. The summed E-state index contributed by atoms with van der Waals surface area (Å²) in [5.41, 5.74) is 7.52. The van der Waals surface area contributed by atoms with E-state index in [1.807, 2.05) is 37.3 Å². The van der Waals surface area contributed by atoms with Crippen molar-refractivity contribution in [3.05, 3.63) is 35.9 Å². The minimum absolute atomic E-state index is 0. The molecule has 3 N–H and O–H groups in total. The highest BCUT2D eigenvalue weighted by Crippen LogP contribution is 2.62. The number of hydrogen-bond acceptors (Lipinski definition) is 2. The predicted molar refractivity (Wildman–Crippen MR) is 89.3 cm³/mol. The summed E-state index contributed by atoms with van der Waals surface area (Å²) in [6, 6.07) is 9.77. The molecule has 1 saturated carbocycles. The minimum atomic E-state index is -0.263. The zero-order chi connectivity index (χ0) is 15.1. The summed E-state index contributed by atoms with van der Waals surface area (Å²) in [6.07, 6.45) is 0. The molecule has 1 fully saturated rings. The van der Waals surface area contributed by atoms with Gasteiger partial charge in [-0.2, -0.15) is 0 Å². The van der Waals surface area contributed by atoms with E-state index in [9.17, 15) is 4.79 Å². The van der Waals surface area contributed by atoms with Crippen molar-refractivity contribution in [3.8, 4) is 0 Å². The van der Waals surface area contributed by atoms with Crippen LogP contribution in [0.4, 0.5) is 0 Å². The van der Waals surface area contributed by atoms with E-state index in [0.717, 1.165) is 5.56 Å². The molecule has 1 aromatic rings. The van der Waals surface area contributed by atoms with Crippen molar-refractivity contribution < 1.29 is 4.79 Å². The molecule has 2 rings (SSSR count). The van der Waals surface area contributed by atoms with Crippen molar-refractivity contribution in [2.24, 2.45) is 22.5 Å². The third-order valence-corrected chi connectivity index (χ3v) is 5.44. The Morgan fingerprint density at radius 3 is 2.05 bits per heavy atom. The Morgan fingerprint density at radius 2 is 1.62 bits per heavy atom. The first kappa shape index (κ1) is 18.0. The molecule has 2 unspecified atom stereocenters. The fourth-order valence-electron chi connectivity index (χ4n) is 2.96. The second-order valence-electron chi connectivity index (χ2n) is 7.11. The van der Waals surface area contributed by atoms with Gasteiger partial charge in [-0.25, -0.2) is 0 Å². The van der Waals surface area contributed by atoms with Gasteiger partial charge in [0.25, 0.3) is 0 Å². The normalized spacial score (nSPS) is 21.8. The molecule has 0 radical (unpaired) electrons. The van der Waals surface area contributed by atoms with Crippen molar-refractivity contribution in [1.82, 2.24) is 5.32 Å². The van der Waals surface area contributed by atoms with Gasteiger partial charge in [0, 0.05) is 12.1 Å². The molecule has 21 heavy (non-hydrogen) atoms. The average molecular weight is 311 g/mol. The molecule has 0 bridgehead atoms. The molecule has 3 nitrogen and oxygen atoms in total. The number of amides is 1. The van der Waals surface area contributed by atoms with E-state index in [0.29, 0.717) is 0 Å². The zero-order valence-electron chi connectivity index (χ0n) is 13.5. The molecule has 1 aliphatic rings. The van der Waals surface area contributed by atoms with E-state index in [2.05, 4.69) is 33.0 Å². The lowest BCUT2D eigenvalue weighted by atomic mass is 9.94. The molecule has 0 aliphatic heterocycles. The minimum Gasteiger partial charge on any atom is -0.352 e. The van der Waals surface area contributed by atoms with Crippen LogP contribution in [0.1, 0.15) is 46.2 Å². The van der Waals surface area contributed by atoms with Crippen LogP contribution in [0.15, 0.2) is 30.3 Å². The van der Waals surface area contributed by atoms with Crippen LogP contribution < -0.4 is 11.1 Å². The molecule has 0 aromatic heterocycles. The smallest absolute Gasteiger partial charge is 0.225 e. The van der Waals surface area contributed by atoms with Crippen LogP contribution >= 0.6 is 12.4 Å². The fourth-order valence-corrected chi connectivity index (χ4v) is 2.96. The van der Waals surface area contributed by atoms with Crippen LogP contribution in [0, 0.1) is 16.7 Å². The summed E-state index contributed by atoms with van der Waals surface area (Å²) in [7, 11) is 0. The molecule has 0 saturated heterocycles. The maximum atomic E-state index is 12.4. The number of halogens is 1. The third kappa shape index (κ3) is 3.09. The second-order valence-corrected chi connectivity index (χ2v) is 7.11. The number of carbonyl (C=O) groups excluding carboxylic acids is 1. The molecule has 0 heterocycles. The molecule has 4 heteroatoms. The maximum absolute atomic E-state index is 12.4. The van der Waals surface area contributed by atoms with Gasteiger partial charge in [-0.3, -0.25) is 4.79 Å². The lowest BCUT2D eigenvalue weighted by Gasteiger charge is -2.20. The topological polar surface area (TPSA) is 55.1 Å². The van der Waals surface area contributed by atoms with E-state index in [-0.39, 0.29) is 47.1 Å². The van der Waals surface area contributed by atoms with Crippen LogP contribution in [-0.2, 0) is 4.79 Å². The van der Waals surface area contributed by atoms with Crippen molar-refractivity contribution in [3.63, 3.8) is 0 Å². The van der Waals surface area contributed by atoms with Crippen molar-refractivity contribution >= 4 is 18.3 Å². The van der Waals surface area contributed by atoms with Crippen molar-refractivity contribution in [1.29, 1.82) is 0 Å². The van der Waals surface area contributed by atoms with Crippen LogP contribution in [-0.4, -0.2) is 11.9 Å². The van der Waals surface area contributed by atoms with Gasteiger partial charge in [-0.1, -0.05) is 65.0 Å². The molecule has 1 aromatic carbocycles. The Kier molecular flexibility index (Phi) is 5.12. The molecule has 118 valence electrons. The van der Waals surface area contributed by atoms with Gasteiger partial charge in [0.05, 0.1) is 5.92 Å². The highest BCUT2D eigenvalue weighted by Gasteiger charge is 2.65.